The van der Waals surface area contributed by atoms with Crippen molar-refractivity contribution in [3.8, 4) is 0 Å². The lowest BCUT2D eigenvalue weighted by atomic mass is 10.1. The van der Waals surface area contributed by atoms with Gasteiger partial charge in [0.25, 0.3) is 0 Å². The summed E-state index contributed by atoms with van der Waals surface area (Å²) >= 11 is 0. The molecule has 104 valence electrons. The van der Waals surface area contributed by atoms with E-state index in [0.717, 1.165) is 11.0 Å². The Labute approximate surface area is 109 Å². The predicted octanol–water partition coefficient (Wildman–Crippen LogP) is 3.59. The van der Waals surface area contributed by atoms with E-state index in [9.17, 15) is 5.11 Å². The van der Waals surface area contributed by atoms with Gasteiger partial charge in [0, 0.05) is 0 Å². The van der Waals surface area contributed by atoms with Crippen LogP contribution in [0.3, 0.4) is 0 Å². The molecule has 0 saturated heterocycles. The molecule has 1 atom stereocenters. The lowest BCUT2D eigenvalue weighted by molar-refractivity contribution is -0.910. The van der Waals surface area contributed by atoms with E-state index in [2.05, 4.69) is 20.9 Å². The maximum atomic E-state index is 9.18. The van der Waals surface area contributed by atoms with E-state index in [1.807, 2.05) is 0 Å². The van der Waals surface area contributed by atoms with Crippen molar-refractivity contribution in [1.82, 2.24) is 0 Å². The zero-order chi connectivity index (χ0) is 13.0. The normalized spacial score (nSPS) is 14.8. The molecule has 0 heterocycles. The van der Waals surface area contributed by atoms with Crippen LogP contribution in [0.15, 0.2) is 0 Å². The minimum atomic E-state index is 0.331. The summed E-state index contributed by atoms with van der Waals surface area (Å²) < 4.78 is 1.07. The van der Waals surface area contributed by atoms with Crippen molar-refractivity contribution in [3.63, 3.8) is 0 Å². The second-order valence-corrected chi connectivity index (χ2v) is 5.64. The monoisotopic (exact) mass is 244 g/mol. The van der Waals surface area contributed by atoms with Crippen LogP contribution in [0, 0.1) is 0 Å². The molecule has 0 amide bonds. The van der Waals surface area contributed by atoms with Crippen LogP contribution in [0.4, 0.5) is 0 Å². The molecule has 0 aromatic heterocycles. The summed E-state index contributed by atoms with van der Waals surface area (Å²) in [5.41, 5.74) is 0. The Hall–Kier alpha value is -0.0800. The fourth-order valence-corrected chi connectivity index (χ4v) is 2.42. The molecule has 1 unspecified atom stereocenters. The van der Waals surface area contributed by atoms with Gasteiger partial charge in [0.2, 0.25) is 0 Å². The van der Waals surface area contributed by atoms with Crippen LogP contribution in [0.1, 0.15) is 65.2 Å². The second-order valence-electron chi connectivity index (χ2n) is 5.64. The van der Waals surface area contributed by atoms with E-state index in [-0.39, 0.29) is 0 Å². The van der Waals surface area contributed by atoms with Gasteiger partial charge >= 0.3 is 0 Å². The van der Waals surface area contributed by atoms with Crippen LogP contribution < -0.4 is 0 Å². The number of aliphatic hydroxyl groups is 1. The maximum absolute atomic E-state index is 9.18. The number of nitrogens with zero attached hydrogens (tertiary/aromatic N) is 1. The molecule has 0 spiro atoms. The number of quaternary nitrogens is 1. The van der Waals surface area contributed by atoms with Crippen molar-refractivity contribution in [2.24, 2.45) is 0 Å². The van der Waals surface area contributed by atoms with Gasteiger partial charge in [-0.3, -0.25) is 0 Å². The predicted molar refractivity (Wildman–Crippen MR) is 76.2 cm³/mol. The fourth-order valence-electron chi connectivity index (χ4n) is 2.42. The first-order valence-corrected chi connectivity index (χ1v) is 7.63. The topological polar surface area (TPSA) is 20.2 Å². The van der Waals surface area contributed by atoms with Gasteiger partial charge in [0.1, 0.15) is 6.54 Å². The summed E-state index contributed by atoms with van der Waals surface area (Å²) in [4.78, 5) is 0. The fraction of sp³-hybridized carbons (Fsp3) is 1.00. The molecule has 0 rings (SSSR count). The maximum Gasteiger partial charge on any atom is 0.102 e. The number of aliphatic hydroxyl groups excluding tert-OH is 1. The van der Waals surface area contributed by atoms with Gasteiger partial charge in [-0.25, -0.2) is 0 Å². The molecule has 0 aliphatic heterocycles. The summed E-state index contributed by atoms with van der Waals surface area (Å²) in [5, 5.41) is 9.18. The van der Waals surface area contributed by atoms with Crippen molar-refractivity contribution in [2.75, 3.05) is 33.3 Å². The summed E-state index contributed by atoms with van der Waals surface area (Å²) in [5.74, 6) is 0. The highest BCUT2D eigenvalue weighted by Crippen LogP contribution is 2.11. The number of rotatable bonds is 12. The first-order valence-electron chi connectivity index (χ1n) is 7.63. The van der Waals surface area contributed by atoms with E-state index in [0.29, 0.717) is 6.61 Å². The molecule has 0 aromatic rings. The van der Waals surface area contributed by atoms with Gasteiger partial charge in [0.05, 0.1) is 26.7 Å². The zero-order valence-electron chi connectivity index (χ0n) is 12.4. The van der Waals surface area contributed by atoms with Crippen LogP contribution in [-0.4, -0.2) is 42.9 Å². The van der Waals surface area contributed by atoms with Crippen molar-refractivity contribution in [3.05, 3.63) is 0 Å². The molecular formula is C15H34NO+. The Kier molecular flexibility index (Phi) is 11.0. The van der Waals surface area contributed by atoms with Gasteiger partial charge in [0.15, 0.2) is 0 Å². The highest BCUT2D eigenvalue weighted by atomic mass is 16.3. The summed E-state index contributed by atoms with van der Waals surface area (Å²) in [6, 6.07) is 0. The molecule has 1 N–H and O–H groups in total. The highest BCUT2D eigenvalue weighted by Gasteiger charge is 2.19. The van der Waals surface area contributed by atoms with Crippen LogP contribution in [0.5, 0.6) is 0 Å². The van der Waals surface area contributed by atoms with Crippen molar-refractivity contribution >= 4 is 0 Å². The van der Waals surface area contributed by atoms with Gasteiger partial charge in [-0.15, -0.1) is 0 Å². The van der Waals surface area contributed by atoms with E-state index in [1.54, 1.807) is 0 Å². The van der Waals surface area contributed by atoms with Crippen molar-refractivity contribution < 1.29 is 9.59 Å². The quantitative estimate of drug-likeness (QED) is 0.411. The molecule has 17 heavy (non-hydrogen) atoms. The third-order valence-electron chi connectivity index (χ3n) is 3.74. The largest absolute Gasteiger partial charge is 0.391 e. The molecule has 0 radical (unpaired) electrons. The lowest BCUT2D eigenvalue weighted by Crippen LogP contribution is -2.47. The molecule has 0 aromatic carbocycles. The average molecular weight is 244 g/mol. The molecule has 0 aliphatic rings. The minimum Gasteiger partial charge on any atom is -0.391 e. The van der Waals surface area contributed by atoms with Crippen LogP contribution in [-0.2, 0) is 0 Å². The minimum absolute atomic E-state index is 0.331. The number of unbranched alkanes of at least 4 members (excludes halogenated alkanes) is 6. The number of hydrogen-bond donors (Lipinski definition) is 1. The third kappa shape index (κ3) is 9.61. The number of likely N-dealkylation sites (N-methyl/N-ethyl adjacent to an activating group) is 1. The Balaban J connectivity index is 3.77. The summed E-state index contributed by atoms with van der Waals surface area (Å²) in [6.45, 7) is 8.25. The summed E-state index contributed by atoms with van der Waals surface area (Å²) in [7, 11) is 2.31. The smallest absolute Gasteiger partial charge is 0.102 e. The highest BCUT2D eigenvalue weighted by molar-refractivity contribution is 4.46. The van der Waals surface area contributed by atoms with Crippen molar-refractivity contribution in [2.45, 2.75) is 65.2 Å². The standard InChI is InChI=1S/C15H34NO/c1-4-6-8-9-11-13-16(3,14-15-17)12-10-7-5-2/h17H,4-15H2,1-3H3/q+1. The Morgan fingerprint density at radius 3 is 1.71 bits per heavy atom. The molecule has 0 saturated carbocycles. The Morgan fingerprint density at radius 2 is 1.18 bits per heavy atom. The van der Waals surface area contributed by atoms with Crippen LogP contribution >= 0.6 is 0 Å². The third-order valence-corrected chi connectivity index (χ3v) is 3.74. The molecule has 0 aliphatic carbocycles. The Morgan fingerprint density at radius 1 is 0.706 bits per heavy atom. The first-order chi connectivity index (χ1) is 8.18. The zero-order valence-corrected chi connectivity index (χ0v) is 12.4. The SMILES string of the molecule is CCCCCCC[N+](C)(CCO)CCCCC. The number of hydrogen-bond acceptors (Lipinski definition) is 1. The van der Waals surface area contributed by atoms with E-state index >= 15 is 0 Å². The van der Waals surface area contributed by atoms with E-state index in [1.165, 1.54) is 64.5 Å². The van der Waals surface area contributed by atoms with Gasteiger partial charge in [-0.2, -0.15) is 0 Å². The molecule has 2 nitrogen and oxygen atoms in total. The Bertz CT molecular complexity index is 161. The first kappa shape index (κ1) is 16.9. The second kappa shape index (κ2) is 11.0. The average Bonchev–Trinajstić information content (AvgIpc) is 2.29. The molecule has 0 bridgehead atoms. The van der Waals surface area contributed by atoms with Crippen molar-refractivity contribution in [1.29, 1.82) is 0 Å². The van der Waals surface area contributed by atoms with E-state index < -0.39 is 0 Å². The molecule has 0 fully saturated rings. The van der Waals surface area contributed by atoms with Crippen LogP contribution in [0.25, 0.3) is 0 Å². The van der Waals surface area contributed by atoms with Gasteiger partial charge in [-0.05, 0) is 25.7 Å². The lowest BCUT2D eigenvalue weighted by Gasteiger charge is -2.34. The van der Waals surface area contributed by atoms with Crippen LogP contribution in [0.2, 0.25) is 0 Å². The van der Waals surface area contributed by atoms with Gasteiger partial charge in [-0.1, -0.05) is 39.5 Å². The summed E-state index contributed by atoms with van der Waals surface area (Å²) in [6.07, 6.45) is 10.7. The van der Waals surface area contributed by atoms with Gasteiger partial charge < -0.3 is 9.59 Å². The molecular weight excluding hydrogens is 210 g/mol. The van der Waals surface area contributed by atoms with E-state index in [4.69, 9.17) is 0 Å². The molecule has 2 heteroatoms.